The molecule has 0 heterocycles. The highest BCUT2D eigenvalue weighted by Gasteiger charge is 2.02. The van der Waals surface area contributed by atoms with Gasteiger partial charge in [-0.3, -0.25) is 0 Å². The van der Waals surface area contributed by atoms with Gasteiger partial charge >= 0.3 is 0 Å². The van der Waals surface area contributed by atoms with Gasteiger partial charge in [0.05, 0.1) is 7.11 Å². The molecule has 0 saturated carbocycles. The molecule has 0 aromatic carbocycles. The highest BCUT2D eigenvalue weighted by Crippen LogP contribution is 2.16. The Morgan fingerprint density at radius 2 is 2.00 bits per heavy atom. The van der Waals surface area contributed by atoms with Gasteiger partial charge in [0.1, 0.15) is 5.76 Å². The van der Waals surface area contributed by atoms with E-state index in [4.69, 9.17) is 0 Å². The summed E-state index contributed by atoms with van der Waals surface area (Å²) >= 11 is 0. The predicted octanol–water partition coefficient (Wildman–Crippen LogP) is 3.60. The molecule has 0 aromatic rings. The van der Waals surface area contributed by atoms with Crippen LogP contribution in [0.2, 0.25) is 0 Å². The van der Waals surface area contributed by atoms with Gasteiger partial charge in [0, 0.05) is 0 Å². The normalized spacial score (nSPS) is 11.6. The van der Waals surface area contributed by atoms with E-state index >= 15 is 0 Å². The lowest BCUT2D eigenvalue weighted by molar-refractivity contribution is 0.285. The topological polar surface area (TPSA) is 9.23 Å². The lowest BCUT2D eigenvalue weighted by Gasteiger charge is -2.05. The van der Waals surface area contributed by atoms with Gasteiger partial charge in [0.2, 0.25) is 0 Å². The molecule has 0 unspecified atom stereocenters. The van der Waals surface area contributed by atoms with Crippen LogP contribution in [0.25, 0.3) is 0 Å². The second kappa shape index (κ2) is 5.57. The lowest BCUT2D eigenvalue weighted by Crippen LogP contribution is -1.90. The highest BCUT2D eigenvalue weighted by atomic mass is 19.1. The van der Waals surface area contributed by atoms with Crippen molar-refractivity contribution in [3.63, 3.8) is 0 Å². The first kappa shape index (κ1) is 11.9. The molecule has 0 bridgehead atoms. The average Bonchev–Trinajstić information content (AvgIpc) is 2.01. The van der Waals surface area contributed by atoms with E-state index in [1.807, 2.05) is 0 Å². The monoisotopic (exact) mass is 184 g/mol. The Labute approximate surface area is 79.6 Å². The number of allylic oxidation sites excluding steroid dienone is 3. The van der Waals surface area contributed by atoms with E-state index in [0.29, 0.717) is 5.92 Å². The summed E-state index contributed by atoms with van der Waals surface area (Å²) in [5, 5.41) is 0. The molecule has 0 radical (unpaired) electrons. The largest absolute Gasteiger partial charge is 0.494 e. The fraction of sp³-hybridized carbons (Fsp3) is 0.455. The molecule has 1 nitrogen and oxygen atoms in total. The number of ether oxygens (including phenoxy) is 1. The smallest absolute Gasteiger partial charge is 0.164 e. The highest BCUT2D eigenvalue weighted by molar-refractivity contribution is 5.26. The fourth-order valence-electron chi connectivity index (χ4n) is 0.941. The van der Waals surface area contributed by atoms with Gasteiger partial charge in [-0.1, -0.05) is 32.6 Å². The van der Waals surface area contributed by atoms with E-state index in [9.17, 15) is 4.39 Å². The van der Waals surface area contributed by atoms with E-state index < -0.39 is 5.83 Å². The molecule has 0 aliphatic carbocycles. The van der Waals surface area contributed by atoms with Crippen LogP contribution in [0.3, 0.4) is 0 Å². The summed E-state index contributed by atoms with van der Waals surface area (Å²) in [6.45, 7) is 11.3. The van der Waals surface area contributed by atoms with Crippen LogP contribution in [0.5, 0.6) is 0 Å². The van der Waals surface area contributed by atoms with Crippen LogP contribution in [0.4, 0.5) is 4.39 Å². The van der Waals surface area contributed by atoms with E-state index in [2.05, 4.69) is 31.7 Å². The predicted molar refractivity (Wildman–Crippen MR) is 53.9 cm³/mol. The molecule has 0 saturated heterocycles. The van der Waals surface area contributed by atoms with Crippen molar-refractivity contribution >= 4 is 0 Å². The summed E-state index contributed by atoms with van der Waals surface area (Å²) in [7, 11) is 1.39. The van der Waals surface area contributed by atoms with Crippen LogP contribution >= 0.6 is 0 Å². The van der Waals surface area contributed by atoms with E-state index in [1.54, 1.807) is 0 Å². The van der Waals surface area contributed by atoms with Crippen LogP contribution in [0.15, 0.2) is 36.4 Å². The molecular weight excluding hydrogens is 167 g/mol. The fourth-order valence-corrected chi connectivity index (χ4v) is 0.941. The number of rotatable bonds is 5. The molecule has 74 valence electrons. The maximum atomic E-state index is 13.1. The quantitative estimate of drug-likeness (QED) is 0.468. The maximum absolute atomic E-state index is 13.1. The van der Waals surface area contributed by atoms with Crippen LogP contribution < -0.4 is 0 Å². The van der Waals surface area contributed by atoms with Crippen molar-refractivity contribution in [3.05, 3.63) is 36.4 Å². The first-order valence-electron chi connectivity index (χ1n) is 4.25. The third-order valence-corrected chi connectivity index (χ3v) is 1.51. The first-order chi connectivity index (χ1) is 5.97. The Morgan fingerprint density at radius 1 is 1.46 bits per heavy atom. The van der Waals surface area contributed by atoms with Crippen LogP contribution in [-0.4, -0.2) is 7.11 Å². The summed E-state index contributed by atoms with van der Waals surface area (Å²) in [5.74, 6) is 0.0745. The lowest BCUT2D eigenvalue weighted by atomic mass is 10.0. The summed E-state index contributed by atoms with van der Waals surface area (Å²) in [6.07, 6.45) is 2.15. The standard InChI is InChI=1S/C11H17FO/c1-8(2)6-9(3)7-11(12)10(4)13-5/h7-8H,3-4,6H2,1-2,5H3/b11-7+. The Bertz CT molecular complexity index is 226. The average molecular weight is 184 g/mol. The number of halogens is 1. The van der Waals surface area contributed by atoms with Crippen molar-refractivity contribution in [1.82, 2.24) is 0 Å². The van der Waals surface area contributed by atoms with Gasteiger partial charge in [0.25, 0.3) is 0 Å². The molecule has 0 spiro atoms. The minimum atomic E-state index is -0.451. The zero-order valence-corrected chi connectivity index (χ0v) is 8.56. The Kier molecular flexibility index (Phi) is 5.12. The van der Waals surface area contributed by atoms with Crippen molar-refractivity contribution in [3.8, 4) is 0 Å². The van der Waals surface area contributed by atoms with Crippen LogP contribution in [0.1, 0.15) is 20.3 Å². The maximum Gasteiger partial charge on any atom is 0.164 e. The first-order valence-corrected chi connectivity index (χ1v) is 4.25. The van der Waals surface area contributed by atoms with E-state index in [-0.39, 0.29) is 5.76 Å². The molecule has 0 aromatic heterocycles. The minimum Gasteiger partial charge on any atom is -0.494 e. The molecule has 0 atom stereocenters. The number of methoxy groups -OCH3 is 1. The van der Waals surface area contributed by atoms with Gasteiger partial charge in [-0.15, -0.1) is 0 Å². The molecule has 2 heteroatoms. The second-order valence-corrected chi connectivity index (χ2v) is 3.38. The van der Waals surface area contributed by atoms with Crippen LogP contribution in [-0.2, 0) is 4.74 Å². The summed E-state index contributed by atoms with van der Waals surface area (Å²) in [6, 6.07) is 0. The minimum absolute atomic E-state index is 0.0462. The summed E-state index contributed by atoms with van der Waals surface area (Å²) < 4.78 is 17.7. The van der Waals surface area contributed by atoms with Crippen molar-refractivity contribution < 1.29 is 9.13 Å². The SMILES string of the molecule is C=C(/C=C(/F)C(=C)OC)CC(C)C. The van der Waals surface area contributed by atoms with Crippen molar-refractivity contribution in [2.75, 3.05) is 7.11 Å². The van der Waals surface area contributed by atoms with Gasteiger partial charge in [0.15, 0.2) is 5.83 Å². The molecule has 0 amide bonds. The molecule has 0 aliphatic rings. The van der Waals surface area contributed by atoms with Crippen molar-refractivity contribution in [2.45, 2.75) is 20.3 Å². The third-order valence-electron chi connectivity index (χ3n) is 1.51. The van der Waals surface area contributed by atoms with Gasteiger partial charge < -0.3 is 4.74 Å². The molecule has 13 heavy (non-hydrogen) atoms. The third kappa shape index (κ3) is 5.23. The van der Waals surface area contributed by atoms with E-state index in [1.165, 1.54) is 13.2 Å². The molecule has 0 aliphatic heterocycles. The summed E-state index contributed by atoms with van der Waals surface area (Å²) in [5.41, 5.74) is 0.755. The second-order valence-electron chi connectivity index (χ2n) is 3.38. The van der Waals surface area contributed by atoms with Crippen LogP contribution in [0, 0.1) is 5.92 Å². The molecule has 0 rings (SSSR count). The van der Waals surface area contributed by atoms with E-state index in [0.717, 1.165) is 12.0 Å². The zero-order chi connectivity index (χ0) is 10.4. The number of hydrogen-bond acceptors (Lipinski definition) is 1. The molecule has 0 fully saturated rings. The van der Waals surface area contributed by atoms with Gasteiger partial charge in [-0.25, -0.2) is 4.39 Å². The number of hydrogen-bond donors (Lipinski definition) is 0. The zero-order valence-electron chi connectivity index (χ0n) is 8.56. The van der Waals surface area contributed by atoms with Crippen molar-refractivity contribution in [1.29, 1.82) is 0 Å². The Morgan fingerprint density at radius 3 is 2.38 bits per heavy atom. The van der Waals surface area contributed by atoms with Gasteiger partial charge in [-0.2, -0.15) is 0 Å². The Hall–Kier alpha value is -1.05. The molecule has 0 N–H and O–H groups in total. The van der Waals surface area contributed by atoms with Gasteiger partial charge in [-0.05, 0) is 18.4 Å². The Balaban J connectivity index is 4.22. The molecular formula is C11H17FO. The van der Waals surface area contributed by atoms with Crippen molar-refractivity contribution in [2.24, 2.45) is 5.92 Å². The summed E-state index contributed by atoms with van der Waals surface area (Å²) in [4.78, 5) is 0.